The topological polar surface area (TPSA) is 43.2 Å². The monoisotopic (exact) mass is 376 g/mol. The molecule has 1 aliphatic heterocycles. The van der Waals surface area contributed by atoms with Gasteiger partial charge in [-0.05, 0) is 25.1 Å². The first-order valence-electron chi connectivity index (χ1n) is 7.27. The van der Waals surface area contributed by atoms with Gasteiger partial charge in [0.2, 0.25) is 0 Å². The molecular formula is C16H17BrN4S. The van der Waals surface area contributed by atoms with Crippen molar-refractivity contribution in [1.29, 1.82) is 5.26 Å². The fourth-order valence-corrected chi connectivity index (χ4v) is 3.91. The van der Waals surface area contributed by atoms with Gasteiger partial charge in [-0.2, -0.15) is 5.26 Å². The van der Waals surface area contributed by atoms with Crippen molar-refractivity contribution >= 4 is 33.0 Å². The third-order valence-electron chi connectivity index (χ3n) is 4.09. The first-order chi connectivity index (χ1) is 10.7. The Hall–Kier alpha value is -1.42. The maximum absolute atomic E-state index is 9.32. The number of piperazine rings is 1. The Morgan fingerprint density at radius 3 is 2.73 bits per heavy atom. The number of nitrogens with zero attached hydrogens (tertiary/aromatic N) is 4. The van der Waals surface area contributed by atoms with Crippen LogP contribution >= 0.6 is 27.3 Å². The van der Waals surface area contributed by atoms with Crippen LogP contribution in [0.5, 0.6) is 0 Å². The van der Waals surface area contributed by atoms with E-state index in [0.29, 0.717) is 6.04 Å². The van der Waals surface area contributed by atoms with Gasteiger partial charge in [0.25, 0.3) is 0 Å². The van der Waals surface area contributed by atoms with Crippen LogP contribution in [0, 0.1) is 11.3 Å². The van der Waals surface area contributed by atoms with Crippen LogP contribution in [0.4, 0.5) is 5.69 Å². The summed E-state index contributed by atoms with van der Waals surface area (Å²) in [4.78, 5) is 9.18. The van der Waals surface area contributed by atoms with Crippen LogP contribution in [-0.2, 0) is 0 Å². The fourth-order valence-electron chi connectivity index (χ4n) is 2.82. The molecule has 0 bridgehead atoms. The zero-order chi connectivity index (χ0) is 15.5. The zero-order valence-electron chi connectivity index (χ0n) is 12.4. The van der Waals surface area contributed by atoms with Gasteiger partial charge < -0.3 is 4.90 Å². The third-order valence-corrected chi connectivity index (χ3v) is 5.53. The van der Waals surface area contributed by atoms with Crippen LogP contribution in [0.1, 0.15) is 23.5 Å². The van der Waals surface area contributed by atoms with Gasteiger partial charge in [-0.15, -0.1) is 11.3 Å². The molecule has 6 heteroatoms. The maximum atomic E-state index is 9.32. The van der Waals surface area contributed by atoms with Gasteiger partial charge in [0.05, 0.1) is 17.3 Å². The largest absolute Gasteiger partial charge is 0.368 e. The minimum absolute atomic E-state index is 0.363. The van der Waals surface area contributed by atoms with Crippen LogP contribution in [0.15, 0.2) is 34.2 Å². The predicted octanol–water partition coefficient (Wildman–Crippen LogP) is 3.66. The molecule has 4 nitrogen and oxygen atoms in total. The molecule has 0 radical (unpaired) electrons. The van der Waals surface area contributed by atoms with Gasteiger partial charge in [0.15, 0.2) is 0 Å². The Balaban J connectivity index is 1.68. The molecule has 22 heavy (non-hydrogen) atoms. The van der Waals surface area contributed by atoms with Crippen LogP contribution in [0.2, 0.25) is 0 Å². The summed E-state index contributed by atoms with van der Waals surface area (Å²) in [7, 11) is 0. The lowest BCUT2D eigenvalue weighted by Crippen LogP contribution is -2.47. The van der Waals surface area contributed by atoms with E-state index in [0.717, 1.165) is 41.9 Å². The average molecular weight is 377 g/mol. The Bertz CT molecular complexity index is 672. The smallest absolute Gasteiger partial charge is 0.109 e. The number of aromatic nitrogens is 1. The van der Waals surface area contributed by atoms with E-state index in [1.165, 1.54) is 5.01 Å². The summed E-state index contributed by atoms with van der Waals surface area (Å²) < 4.78 is 0.948. The van der Waals surface area contributed by atoms with Crippen LogP contribution < -0.4 is 4.90 Å². The number of benzene rings is 1. The summed E-state index contributed by atoms with van der Waals surface area (Å²) in [5.41, 5.74) is 1.77. The van der Waals surface area contributed by atoms with E-state index in [2.05, 4.69) is 43.7 Å². The van der Waals surface area contributed by atoms with Gasteiger partial charge in [0, 0.05) is 42.2 Å². The average Bonchev–Trinajstić information content (AvgIpc) is 3.08. The molecule has 1 aliphatic rings. The van der Waals surface area contributed by atoms with Crippen molar-refractivity contribution in [1.82, 2.24) is 9.88 Å². The molecule has 1 unspecified atom stereocenters. The van der Waals surface area contributed by atoms with Crippen LogP contribution in [-0.4, -0.2) is 36.1 Å². The van der Waals surface area contributed by atoms with E-state index in [4.69, 9.17) is 0 Å². The van der Waals surface area contributed by atoms with Gasteiger partial charge >= 0.3 is 0 Å². The molecule has 0 amide bonds. The summed E-state index contributed by atoms with van der Waals surface area (Å²) >= 11 is 5.14. The Labute approximate surface area is 143 Å². The van der Waals surface area contributed by atoms with Crippen molar-refractivity contribution in [3.63, 3.8) is 0 Å². The highest BCUT2D eigenvalue weighted by Crippen LogP contribution is 2.28. The standard InChI is InChI=1S/C16H17BrN4S/c1-12(16-19-4-9-22-16)20-5-7-21(8-6-20)15-3-2-14(17)10-13(15)11-18/h2-4,9-10,12H,5-8H2,1H3. The molecule has 3 rings (SSSR count). The van der Waals surface area contributed by atoms with Crippen molar-refractivity contribution in [2.75, 3.05) is 31.1 Å². The number of hydrogen-bond donors (Lipinski definition) is 0. The third kappa shape index (κ3) is 3.17. The summed E-state index contributed by atoms with van der Waals surface area (Å²) in [6.45, 7) is 6.07. The van der Waals surface area contributed by atoms with E-state index in [1.807, 2.05) is 29.8 Å². The number of halogens is 1. The SMILES string of the molecule is CC(c1nccs1)N1CCN(c2ccc(Br)cc2C#N)CC1. The van der Waals surface area contributed by atoms with Gasteiger partial charge in [-0.1, -0.05) is 15.9 Å². The normalized spacial score (nSPS) is 17.2. The highest BCUT2D eigenvalue weighted by atomic mass is 79.9. The highest BCUT2D eigenvalue weighted by molar-refractivity contribution is 9.10. The molecule has 1 aromatic carbocycles. The second-order valence-corrected chi connectivity index (χ2v) is 7.18. The van der Waals surface area contributed by atoms with E-state index in [1.54, 1.807) is 11.3 Å². The molecule has 1 saturated heterocycles. The molecule has 114 valence electrons. The lowest BCUT2D eigenvalue weighted by Gasteiger charge is -2.38. The number of anilines is 1. The minimum Gasteiger partial charge on any atom is -0.368 e. The molecule has 0 spiro atoms. The summed E-state index contributed by atoms with van der Waals surface area (Å²) in [5, 5.41) is 12.5. The van der Waals surface area contributed by atoms with Crippen molar-refractivity contribution in [3.05, 3.63) is 44.8 Å². The Kier molecular flexibility index (Phi) is 4.77. The van der Waals surface area contributed by atoms with E-state index in [-0.39, 0.29) is 0 Å². The molecule has 0 N–H and O–H groups in total. The number of hydrogen-bond acceptors (Lipinski definition) is 5. The second kappa shape index (κ2) is 6.78. The number of nitriles is 1. The molecule has 1 atom stereocenters. The summed E-state index contributed by atoms with van der Waals surface area (Å²) in [5.74, 6) is 0. The molecule has 0 saturated carbocycles. The van der Waals surface area contributed by atoms with Crippen molar-refractivity contribution in [3.8, 4) is 6.07 Å². The summed E-state index contributed by atoms with van der Waals surface area (Å²) in [6.07, 6.45) is 1.87. The number of rotatable bonds is 3. The van der Waals surface area contributed by atoms with Gasteiger partial charge in [0.1, 0.15) is 11.1 Å². The van der Waals surface area contributed by atoms with Gasteiger partial charge in [-0.3, -0.25) is 4.90 Å². The molecular weight excluding hydrogens is 360 g/mol. The van der Waals surface area contributed by atoms with E-state index < -0.39 is 0 Å². The summed E-state index contributed by atoms with van der Waals surface area (Å²) in [6, 6.07) is 8.58. The Morgan fingerprint density at radius 1 is 1.32 bits per heavy atom. The fraction of sp³-hybridized carbons (Fsp3) is 0.375. The number of thiazole rings is 1. The van der Waals surface area contributed by atoms with Crippen molar-refractivity contribution in [2.45, 2.75) is 13.0 Å². The lowest BCUT2D eigenvalue weighted by atomic mass is 10.1. The first-order valence-corrected chi connectivity index (χ1v) is 8.94. The quantitative estimate of drug-likeness (QED) is 0.819. The molecule has 1 fully saturated rings. The molecule has 2 aromatic rings. The second-order valence-electron chi connectivity index (χ2n) is 5.34. The minimum atomic E-state index is 0.363. The van der Waals surface area contributed by atoms with Crippen LogP contribution in [0.25, 0.3) is 0 Å². The predicted molar refractivity (Wildman–Crippen MR) is 93.2 cm³/mol. The zero-order valence-corrected chi connectivity index (χ0v) is 14.8. The first kappa shape index (κ1) is 15.5. The van der Waals surface area contributed by atoms with Crippen molar-refractivity contribution in [2.24, 2.45) is 0 Å². The Morgan fingerprint density at radius 2 is 2.09 bits per heavy atom. The maximum Gasteiger partial charge on any atom is 0.109 e. The van der Waals surface area contributed by atoms with E-state index >= 15 is 0 Å². The highest BCUT2D eigenvalue weighted by Gasteiger charge is 2.24. The molecule has 2 heterocycles. The molecule has 0 aliphatic carbocycles. The van der Waals surface area contributed by atoms with E-state index in [9.17, 15) is 5.26 Å². The van der Waals surface area contributed by atoms with Gasteiger partial charge in [-0.25, -0.2) is 4.98 Å². The lowest BCUT2D eigenvalue weighted by molar-refractivity contribution is 0.198. The molecule has 1 aromatic heterocycles. The van der Waals surface area contributed by atoms with Crippen LogP contribution in [0.3, 0.4) is 0 Å². The van der Waals surface area contributed by atoms with Crippen molar-refractivity contribution < 1.29 is 0 Å².